The maximum atomic E-state index is 13.1. The predicted octanol–water partition coefficient (Wildman–Crippen LogP) is 24.7. The third-order valence-electron chi connectivity index (χ3n) is 19.6. The second-order valence-corrected chi connectivity index (χ2v) is 33.1. The third-order valence-corrected chi connectivity index (χ3v) is 21.5. The van der Waals surface area contributed by atoms with E-state index in [0.29, 0.717) is 25.7 Å². The SMILES string of the molecule is CCCCCCCCCCCCCCCCCCC(=O)OC[C@H](COP(=O)(O)OC[C@@H](O)COP(=O)(O)OC[C@@H](COC(=O)CCCCCCCCCCCCC(C)C)OC(=O)CCCCCCCCCCCCCCCC)OC(=O)CCCCCCCCCCCCCCCCC(C)CC. The maximum Gasteiger partial charge on any atom is 0.472 e. The number of hydrogen-bond acceptors (Lipinski definition) is 15. The van der Waals surface area contributed by atoms with Gasteiger partial charge in [0.1, 0.15) is 19.3 Å². The molecule has 3 unspecified atom stereocenters. The second kappa shape index (κ2) is 73.6. The number of carbonyl (C=O) groups is 4. The van der Waals surface area contributed by atoms with Gasteiger partial charge in [0.15, 0.2) is 12.2 Å². The molecule has 19 heteroatoms. The lowest BCUT2D eigenvalue weighted by atomic mass is 9.99. The topological polar surface area (TPSA) is 237 Å². The molecule has 0 aliphatic rings. The Bertz CT molecular complexity index is 1940. The summed E-state index contributed by atoms with van der Waals surface area (Å²) in [6.07, 6.45) is 63.6. The largest absolute Gasteiger partial charge is 0.472 e. The van der Waals surface area contributed by atoms with E-state index < -0.39 is 97.5 Å². The van der Waals surface area contributed by atoms with Crippen molar-refractivity contribution in [2.75, 3.05) is 39.6 Å². The molecule has 0 saturated carbocycles. The fourth-order valence-electron chi connectivity index (χ4n) is 12.7. The summed E-state index contributed by atoms with van der Waals surface area (Å²) in [5.41, 5.74) is 0. The van der Waals surface area contributed by atoms with E-state index in [1.807, 2.05) is 0 Å². The number of esters is 4. The van der Waals surface area contributed by atoms with Crippen LogP contribution in [0.4, 0.5) is 0 Å². The van der Waals surface area contributed by atoms with Gasteiger partial charge in [0.2, 0.25) is 0 Å². The summed E-state index contributed by atoms with van der Waals surface area (Å²) in [5.74, 6) is -0.500. The highest BCUT2D eigenvalue weighted by Gasteiger charge is 2.30. The normalized spacial score (nSPS) is 14.2. The van der Waals surface area contributed by atoms with Crippen LogP contribution in [0, 0.1) is 11.8 Å². The highest BCUT2D eigenvalue weighted by molar-refractivity contribution is 7.47. The Morgan fingerprint density at radius 3 is 0.752 bits per heavy atom. The highest BCUT2D eigenvalue weighted by atomic mass is 31.2. The lowest BCUT2D eigenvalue weighted by molar-refractivity contribution is -0.161. The van der Waals surface area contributed by atoms with E-state index in [1.165, 1.54) is 250 Å². The van der Waals surface area contributed by atoms with E-state index in [0.717, 1.165) is 102 Å². The van der Waals surface area contributed by atoms with Crippen LogP contribution in [0.5, 0.6) is 0 Å². The van der Waals surface area contributed by atoms with Gasteiger partial charge in [0.05, 0.1) is 26.4 Å². The summed E-state index contributed by atoms with van der Waals surface area (Å²) in [6.45, 7) is 9.70. The Hall–Kier alpha value is -1.94. The number of phosphoric ester groups is 2. The summed E-state index contributed by atoms with van der Waals surface area (Å²) >= 11 is 0. The maximum absolute atomic E-state index is 13.1. The van der Waals surface area contributed by atoms with Crippen molar-refractivity contribution in [3.63, 3.8) is 0 Å². The molecule has 0 radical (unpaired) electrons. The number of aliphatic hydroxyl groups is 1. The quantitative estimate of drug-likeness (QED) is 0.0222. The molecule has 0 aromatic carbocycles. The molecule has 0 aliphatic carbocycles. The first kappa shape index (κ1) is 99.1. The number of carbonyl (C=O) groups excluding carboxylic acids is 4. The number of aliphatic hydroxyl groups excluding tert-OH is 1. The Kier molecular flexibility index (Phi) is 72.2. The van der Waals surface area contributed by atoms with Crippen LogP contribution in [-0.2, 0) is 65.4 Å². The van der Waals surface area contributed by atoms with E-state index >= 15 is 0 Å². The van der Waals surface area contributed by atoms with Gasteiger partial charge in [0, 0.05) is 25.7 Å². The van der Waals surface area contributed by atoms with Crippen molar-refractivity contribution >= 4 is 39.5 Å². The minimum Gasteiger partial charge on any atom is -0.462 e. The Labute approximate surface area is 619 Å². The number of hydrogen-bond donors (Lipinski definition) is 3. The molecule has 0 rings (SSSR count). The molecule has 101 heavy (non-hydrogen) atoms. The van der Waals surface area contributed by atoms with Crippen molar-refractivity contribution in [3.8, 4) is 0 Å². The zero-order valence-corrected chi connectivity index (χ0v) is 68.0. The van der Waals surface area contributed by atoms with Crippen LogP contribution >= 0.6 is 15.6 Å². The minimum atomic E-state index is -4.96. The molecular weight excluding hydrogens is 1320 g/mol. The molecular formula is C82H160O17P2. The van der Waals surface area contributed by atoms with Crippen LogP contribution in [0.15, 0.2) is 0 Å². The van der Waals surface area contributed by atoms with Crippen molar-refractivity contribution in [1.82, 2.24) is 0 Å². The lowest BCUT2D eigenvalue weighted by Crippen LogP contribution is -2.30. The monoisotopic (exact) mass is 1480 g/mol. The van der Waals surface area contributed by atoms with Gasteiger partial charge in [-0.2, -0.15) is 0 Å². The molecule has 600 valence electrons. The van der Waals surface area contributed by atoms with E-state index in [1.54, 1.807) is 0 Å². The van der Waals surface area contributed by atoms with Gasteiger partial charge in [-0.25, -0.2) is 9.13 Å². The molecule has 0 aliphatic heterocycles. The summed E-state index contributed by atoms with van der Waals surface area (Å²) in [7, 11) is -9.92. The Morgan fingerprint density at radius 1 is 0.287 bits per heavy atom. The molecule has 0 aromatic rings. The van der Waals surface area contributed by atoms with Crippen LogP contribution in [0.2, 0.25) is 0 Å². The van der Waals surface area contributed by atoms with Gasteiger partial charge in [-0.15, -0.1) is 0 Å². The first-order chi connectivity index (χ1) is 48.9. The molecule has 0 amide bonds. The average Bonchev–Trinajstić information content (AvgIpc) is 0.949. The zero-order chi connectivity index (χ0) is 74.2. The van der Waals surface area contributed by atoms with Crippen LogP contribution in [0.3, 0.4) is 0 Å². The van der Waals surface area contributed by atoms with Crippen molar-refractivity contribution in [1.29, 1.82) is 0 Å². The van der Waals surface area contributed by atoms with Crippen LogP contribution in [0.1, 0.15) is 433 Å². The molecule has 6 atom stereocenters. The fourth-order valence-corrected chi connectivity index (χ4v) is 14.3. The van der Waals surface area contributed by atoms with Crippen LogP contribution < -0.4 is 0 Å². The smallest absolute Gasteiger partial charge is 0.462 e. The standard InChI is InChI=1S/C82H160O17P2/c1-7-10-12-14-16-18-20-22-24-25-30-33-40-46-52-58-64-79(84)92-70-77(98-82(87)67-61-55-49-43-35-31-27-26-28-32-39-45-51-57-63-75(6)9-3)72-96-100(88,89)94-68-76(83)69-95-101(90,91)97-73-78(71-93-80(85)65-59-53-47-41-37-36-38-44-50-56-62-74(4)5)99-81(86)66-60-54-48-42-34-29-23-21-19-17-15-13-11-8-2/h74-78,83H,7-73H2,1-6H3,(H,88,89)(H,90,91)/t75?,76-,77-,78-/m1/s1. The zero-order valence-electron chi connectivity index (χ0n) is 66.2. The molecule has 17 nitrogen and oxygen atoms in total. The Balaban J connectivity index is 5.27. The van der Waals surface area contributed by atoms with Gasteiger partial charge >= 0.3 is 39.5 Å². The molecule has 0 heterocycles. The average molecular weight is 1480 g/mol. The molecule has 0 fully saturated rings. The van der Waals surface area contributed by atoms with Gasteiger partial charge in [-0.1, -0.05) is 382 Å². The van der Waals surface area contributed by atoms with Gasteiger partial charge in [-0.05, 0) is 37.5 Å². The van der Waals surface area contributed by atoms with Gasteiger partial charge in [-0.3, -0.25) is 37.3 Å². The summed E-state index contributed by atoms with van der Waals surface area (Å²) < 4.78 is 68.8. The first-order valence-corrected chi connectivity index (χ1v) is 45.5. The van der Waals surface area contributed by atoms with Crippen LogP contribution in [0.25, 0.3) is 0 Å². The summed E-state index contributed by atoms with van der Waals surface area (Å²) in [4.78, 5) is 73.1. The second-order valence-electron chi connectivity index (χ2n) is 30.2. The fraction of sp³-hybridized carbons (Fsp3) is 0.951. The molecule has 0 spiro atoms. The van der Waals surface area contributed by atoms with E-state index in [2.05, 4.69) is 41.5 Å². The van der Waals surface area contributed by atoms with E-state index in [4.69, 9.17) is 37.0 Å². The predicted molar refractivity (Wildman–Crippen MR) is 414 cm³/mol. The highest BCUT2D eigenvalue weighted by Crippen LogP contribution is 2.45. The van der Waals surface area contributed by atoms with E-state index in [-0.39, 0.29) is 25.7 Å². The number of unbranched alkanes of at least 4 members (excludes halogenated alkanes) is 50. The minimum absolute atomic E-state index is 0.108. The first-order valence-electron chi connectivity index (χ1n) is 42.5. The van der Waals surface area contributed by atoms with Gasteiger partial charge in [0.25, 0.3) is 0 Å². The molecule has 0 saturated heterocycles. The molecule has 0 aromatic heterocycles. The Morgan fingerprint density at radius 2 is 0.505 bits per heavy atom. The van der Waals surface area contributed by atoms with Gasteiger partial charge < -0.3 is 33.8 Å². The number of rotatable bonds is 81. The summed E-state index contributed by atoms with van der Waals surface area (Å²) in [6, 6.07) is 0. The van der Waals surface area contributed by atoms with Crippen molar-refractivity contribution in [2.45, 2.75) is 452 Å². The molecule has 3 N–H and O–H groups in total. The van der Waals surface area contributed by atoms with Crippen molar-refractivity contribution in [2.24, 2.45) is 11.8 Å². The number of ether oxygens (including phenoxy) is 4. The third kappa shape index (κ3) is 74.7. The summed E-state index contributed by atoms with van der Waals surface area (Å²) in [5, 5.41) is 10.7. The van der Waals surface area contributed by atoms with Crippen molar-refractivity contribution < 1.29 is 80.2 Å². The lowest BCUT2D eigenvalue weighted by Gasteiger charge is -2.21. The molecule has 0 bridgehead atoms. The van der Waals surface area contributed by atoms with Crippen molar-refractivity contribution in [3.05, 3.63) is 0 Å². The number of phosphoric acid groups is 2. The van der Waals surface area contributed by atoms with Crippen LogP contribution in [-0.4, -0.2) is 96.7 Å². The van der Waals surface area contributed by atoms with E-state index in [9.17, 15) is 43.2 Å².